The Morgan fingerprint density at radius 1 is 1.07 bits per heavy atom. The summed E-state index contributed by atoms with van der Waals surface area (Å²) < 4.78 is 10.1. The van der Waals surface area contributed by atoms with Crippen molar-refractivity contribution in [2.24, 2.45) is 4.99 Å². The van der Waals surface area contributed by atoms with Gasteiger partial charge in [-0.25, -0.2) is 0 Å². The molecule has 5 nitrogen and oxygen atoms in total. The number of ketones is 1. The van der Waals surface area contributed by atoms with E-state index in [1.54, 1.807) is 45.2 Å². The second-order valence-corrected chi connectivity index (χ2v) is 7.68. The number of imidazole rings is 1. The third kappa shape index (κ3) is 3.99. The summed E-state index contributed by atoms with van der Waals surface area (Å²) in [4.78, 5) is 17.6. The van der Waals surface area contributed by atoms with Crippen LogP contribution in [-0.2, 0) is 17.9 Å². The van der Waals surface area contributed by atoms with Gasteiger partial charge in [0.05, 0.1) is 17.6 Å². The molecule has 0 aliphatic carbocycles. The first-order chi connectivity index (χ1) is 13.4. The molecule has 1 heterocycles. The number of halogens is 1. The van der Waals surface area contributed by atoms with Crippen molar-refractivity contribution in [3.63, 3.8) is 0 Å². The largest absolute Gasteiger partial charge is 0.480 e. The number of hydrogen-bond acceptors (Lipinski definition) is 3. The zero-order valence-corrected chi connectivity index (χ0v) is 17.5. The summed E-state index contributed by atoms with van der Waals surface area (Å²) in [5.41, 5.74) is 1.87. The minimum Gasteiger partial charge on any atom is -0.480 e. The number of carbonyl (C=O) groups is 1. The SMILES string of the molecule is CCCn1c(=NC)n(CC(=O)C(C)(C)Oc2ccc(Cl)cc2)c2ccccc21. The molecule has 0 radical (unpaired) electrons. The Balaban J connectivity index is 1.95. The maximum Gasteiger partial charge on any atom is 0.206 e. The maximum absolute atomic E-state index is 13.2. The van der Waals surface area contributed by atoms with Crippen LogP contribution in [0.4, 0.5) is 0 Å². The molecular formula is C22H26ClN3O2. The molecule has 0 saturated heterocycles. The summed E-state index contributed by atoms with van der Waals surface area (Å²) >= 11 is 5.93. The van der Waals surface area contributed by atoms with E-state index < -0.39 is 5.60 Å². The molecule has 0 amide bonds. The van der Waals surface area contributed by atoms with E-state index in [2.05, 4.69) is 22.5 Å². The molecule has 0 bridgehead atoms. The number of benzene rings is 2. The van der Waals surface area contributed by atoms with E-state index >= 15 is 0 Å². The van der Waals surface area contributed by atoms with E-state index in [-0.39, 0.29) is 12.3 Å². The van der Waals surface area contributed by atoms with Crippen LogP contribution in [0.15, 0.2) is 53.5 Å². The number of aromatic nitrogens is 2. The van der Waals surface area contributed by atoms with E-state index in [4.69, 9.17) is 16.3 Å². The Hall–Kier alpha value is -2.53. The van der Waals surface area contributed by atoms with Gasteiger partial charge in [-0.05, 0) is 56.7 Å². The highest BCUT2D eigenvalue weighted by Crippen LogP contribution is 2.22. The zero-order valence-electron chi connectivity index (χ0n) is 16.8. The van der Waals surface area contributed by atoms with Gasteiger partial charge in [-0.2, -0.15) is 0 Å². The van der Waals surface area contributed by atoms with Gasteiger partial charge in [-0.1, -0.05) is 30.7 Å². The average Bonchev–Trinajstić information content (AvgIpc) is 2.97. The normalized spacial score (nSPS) is 12.5. The van der Waals surface area contributed by atoms with Gasteiger partial charge in [-0.15, -0.1) is 0 Å². The highest BCUT2D eigenvalue weighted by molar-refractivity contribution is 6.30. The minimum atomic E-state index is -0.986. The molecule has 0 unspecified atom stereocenters. The maximum atomic E-state index is 13.2. The van der Waals surface area contributed by atoms with Gasteiger partial charge in [0.1, 0.15) is 5.75 Å². The molecule has 0 aliphatic rings. The Morgan fingerprint density at radius 3 is 2.25 bits per heavy atom. The summed E-state index contributed by atoms with van der Waals surface area (Å²) in [6.07, 6.45) is 0.986. The van der Waals surface area contributed by atoms with Gasteiger partial charge in [0.15, 0.2) is 11.4 Å². The van der Waals surface area contributed by atoms with Gasteiger partial charge in [0.2, 0.25) is 5.62 Å². The summed E-state index contributed by atoms with van der Waals surface area (Å²) in [6, 6.07) is 15.1. The van der Waals surface area contributed by atoms with E-state index in [0.29, 0.717) is 10.8 Å². The molecule has 0 fully saturated rings. The molecular weight excluding hydrogens is 374 g/mol. The fourth-order valence-electron chi connectivity index (χ4n) is 3.31. The first kappa shape index (κ1) is 20.2. The number of ether oxygens (including phenoxy) is 1. The molecule has 3 rings (SSSR count). The first-order valence-corrected chi connectivity index (χ1v) is 9.84. The second-order valence-electron chi connectivity index (χ2n) is 7.24. The number of hydrogen-bond donors (Lipinski definition) is 0. The van der Waals surface area contributed by atoms with Crippen LogP contribution in [0.2, 0.25) is 5.02 Å². The summed E-state index contributed by atoms with van der Waals surface area (Å²) in [6.45, 7) is 6.74. The molecule has 2 aromatic carbocycles. The molecule has 148 valence electrons. The molecule has 0 N–H and O–H groups in total. The minimum absolute atomic E-state index is 0.0308. The number of carbonyl (C=O) groups excluding carboxylic acids is 1. The summed E-state index contributed by atoms with van der Waals surface area (Å²) in [5.74, 6) is 0.582. The lowest BCUT2D eigenvalue weighted by molar-refractivity contribution is -0.132. The quantitative estimate of drug-likeness (QED) is 0.588. The summed E-state index contributed by atoms with van der Waals surface area (Å²) in [5, 5.41) is 0.630. The molecule has 0 saturated carbocycles. The van der Waals surface area contributed by atoms with Crippen LogP contribution in [0.25, 0.3) is 11.0 Å². The van der Waals surface area contributed by atoms with Crippen molar-refractivity contribution in [2.45, 2.75) is 45.9 Å². The average molecular weight is 400 g/mol. The van der Waals surface area contributed by atoms with Crippen LogP contribution >= 0.6 is 11.6 Å². The predicted molar refractivity (Wildman–Crippen MR) is 113 cm³/mol. The van der Waals surface area contributed by atoms with Crippen molar-refractivity contribution in [1.82, 2.24) is 9.13 Å². The number of nitrogens with zero attached hydrogens (tertiary/aromatic N) is 3. The van der Waals surface area contributed by atoms with Gasteiger partial charge in [-0.3, -0.25) is 9.79 Å². The Bertz CT molecular complexity index is 1050. The first-order valence-electron chi connectivity index (χ1n) is 9.46. The number of aryl methyl sites for hydroxylation is 1. The van der Waals surface area contributed by atoms with Crippen LogP contribution in [0.5, 0.6) is 5.75 Å². The van der Waals surface area contributed by atoms with Gasteiger partial charge in [0, 0.05) is 18.6 Å². The fraction of sp³-hybridized carbons (Fsp3) is 0.364. The third-order valence-electron chi connectivity index (χ3n) is 4.75. The summed E-state index contributed by atoms with van der Waals surface area (Å²) in [7, 11) is 1.76. The van der Waals surface area contributed by atoms with E-state index in [0.717, 1.165) is 29.6 Å². The lowest BCUT2D eigenvalue weighted by Gasteiger charge is -2.25. The molecule has 0 aliphatic heterocycles. The number of Topliss-reactive ketones (excluding diaryl/α,β-unsaturated/α-hetero) is 1. The smallest absolute Gasteiger partial charge is 0.206 e. The Labute approximate surface area is 170 Å². The monoisotopic (exact) mass is 399 g/mol. The molecule has 1 aromatic heterocycles. The third-order valence-corrected chi connectivity index (χ3v) is 5.01. The van der Waals surface area contributed by atoms with E-state index in [9.17, 15) is 4.79 Å². The standard InChI is InChI=1S/C22H26ClN3O2/c1-5-14-25-18-8-6-7-9-19(18)26(21(25)24-4)15-20(27)22(2,3)28-17-12-10-16(23)11-13-17/h6-13H,5,14-15H2,1-4H3. The van der Waals surface area contributed by atoms with Crippen molar-refractivity contribution < 1.29 is 9.53 Å². The Kier molecular flexibility index (Phi) is 5.94. The van der Waals surface area contributed by atoms with Crippen molar-refractivity contribution in [1.29, 1.82) is 0 Å². The fourth-order valence-corrected chi connectivity index (χ4v) is 3.44. The number of para-hydroxylation sites is 2. The molecule has 3 aromatic rings. The Morgan fingerprint density at radius 2 is 1.68 bits per heavy atom. The van der Waals surface area contributed by atoms with Gasteiger partial charge >= 0.3 is 0 Å². The van der Waals surface area contributed by atoms with Crippen LogP contribution < -0.4 is 10.4 Å². The van der Waals surface area contributed by atoms with Crippen LogP contribution in [-0.4, -0.2) is 27.6 Å². The number of fused-ring (bicyclic) bond motifs is 1. The zero-order chi connectivity index (χ0) is 20.3. The van der Waals surface area contributed by atoms with Crippen LogP contribution in [0, 0.1) is 0 Å². The lowest BCUT2D eigenvalue weighted by atomic mass is 10.0. The molecule has 6 heteroatoms. The highest BCUT2D eigenvalue weighted by atomic mass is 35.5. The second kappa shape index (κ2) is 8.23. The highest BCUT2D eigenvalue weighted by Gasteiger charge is 2.30. The van der Waals surface area contributed by atoms with Gasteiger partial charge < -0.3 is 13.9 Å². The van der Waals surface area contributed by atoms with Crippen LogP contribution in [0.3, 0.4) is 0 Å². The predicted octanol–water partition coefficient (Wildman–Crippen LogP) is 4.46. The molecule has 0 spiro atoms. The van der Waals surface area contributed by atoms with E-state index in [1.807, 2.05) is 22.8 Å². The van der Waals surface area contributed by atoms with Crippen molar-refractivity contribution in [3.8, 4) is 5.75 Å². The van der Waals surface area contributed by atoms with E-state index in [1.165, 1.54) is 0 Å². The molecule has 28 heavy (non-hydrogen) atoms. The van der Waals surface area contributed by atoms with Crippen molar-refractivity contribution in [2.75, 3.05) is 7.05 Å². The van der Waals surface area contributed by atoms with Gasteiger partial charge in [0.25, 0.3) is 0 Å². The molecule has 0 atom stereocenters. The lowest BCUT2D eigenvalue weighted by Crippen LogP contribution is -2.42. The van der Waals surface area contributed by atoms with Crippen molar-refractivity contribution in [3.05, 3.63) is 59.2 Å². The van der Waals surface area contributed by atoms with Crippen LogP contribution in [0.1, 0.15) is 27.2 Å². The van der Waals surface area contributed by atoms with Crippen molar-refractivity contribution >= 4 is 28.4 Å². The topological polar surface area (TPSA) is 48.5 Å². The number of rotatable bonds is 7.